The van der Waals surface area contributed by atoms with E-state index in [0.717, 1.165) is 38.4 Å². The molecule has 3 fully saturated rings. The lowest BCUT2D eigenvalue weighted by Gasteiger charge is -2.28. The predicted octanol–water partition coefficient (Wildman–Crippen LogP) is 2.14. The molecule has 3 rings (SSSR count). The second-order valence-corrected chi connectivity index (χ2v) is 7.44. The molecule has 0 aromatic carbocycles. The monoisotopic (exact) mass is 292 g/mol. The molecule has 0 spiro atoms. The van der Waals surface area contributed by atoms with Crippen LogP contribution in [0.3, 0.4) is 0 Å². The summed E-state index contributed by atoms with van der Waals surface area (Å²) in [6, 6.07) is 0. The molecule has 21 heavy (non-hydrogen) atoms. The maximum absolute atomic E-state index is 12.8. The van der Waals surface area contributed by atoms with Gasteiger partial charge in [-0.1, -0.05) is 20.3 Å². The molecule has 1 saturated heterocycles. The minimum atomic E-state index is 0.0535. The van der Waals surface area contributed by atoms with Crippen molar-refractivity contribution in [2.75, 3.05) is 26.2 Å². The number of fused-ring (bicyclic) bond motifs is 2. The fourth-order valence-electron chi connectivity index (χ4n) is 4.51. The molecule has 2 saturated carbocycles. The van der Waals surface area contributed by atoms with E-state index in [4.69, 9.17) is 0 Å². The number of nitrogens with zero attached hydrogens (tertiary/aromatic N) is 2. The molecule has 1 heterocycles. The van der Waals surface area contributed by atoms with Gasteiger partial charge in [-0.05, 0) is 37.5 Å². The summed E-state index contributed by atoms with van der Waals surface area (Å²) in [4.78, 5) is 28.9. The molecule has 0 radical (unpaired) electrons. The van der Waals surface area contributed by atoms with Gasteiger partial charge in [0.1, 0.15) is 0 Å². The van der Waals surface area contributed by atoms with Crippen LogP contribution < -0.4 is 0 Å². The van der Waals surface area contributed by atoms with Crippen molar-refractivity contribution in [3.63, 3.8) is 0 Å². The van der Waals surface area contributed by atoms with Crippen LogP contribution in [0.2, 0.25) is 0 Å². The molecular formula is C17H28N2O2. The third kappa shape index (κ3) is 2.95. The minimum absolute atomic E-state index is 0.0535. The van der Waals surface area contributed by atoms with Crippen molar-refractivity contribution >= 4 is 11.8 Å². The highest BCUT2D eigenvalue weighted by Crippen LogP contribution is 2.48. The van der Waals surface area contributed by atoms with Gasteiger partial charge in [-0.3, -0.25) is 9.59 Å². The molecule has 0 N–H and O–H groups in total. The molecule has 0 aromatic rings. The van der Waals surface area contributed by atoms with E-state index in [0.29, 0.717) is 18.4 Å². The Bertz CT molecular complexity index is 421. The van der Waals surface area contributed by atoms with E-state index < -0.39 is 0 Å². The second kappa shape index (κ2) is 5.98. The molecule has 4 heteroatoms. The first-order chi connectivity index (χ1) is 10.1. The van der Waals surface area contributed by atoms with Crippen LogP contribution in [0, 0.1) is 23.7 Å². The zero-order chi connectivity index (χ0) is 15.0. The van der Waals surface area contributed by atoms with Crippen LogP contribution in [0.1, 0.15) is 46.0 Å². The van der Waals surface area contributed by atoms with Crippen LogP contribution in [0.15, 0.2) is 0 Å². The standard InChI is InChI=1S/C17H28N2O2/c1-12(2)16(20)18-6-3-7-19(9-8-18)17(21)15-11-13-4-5-14(15)10-13/h12-15H,3-11H2,1-2H3/t13-,14+,15-/m0/s1. The van der Waals surface area contributed by atoms with Crippen molar-refractivity contribution in [3.8, 4) is 0 Å². The van der Waals surface area contributed by atoms with Gasteiger partial charge in [0.05, 0.1) is 0 Å². The number of hydrogen-bond donors (Lipinski definition) is 0. The van der Waals surface area contributed by atoms with Crippen molar-refractivity contribution in [2.24, 2.45) is 23.7 Å². The molecule has 1 aliphatic heterocycles. The topological polar surface area (TPSA) is 40.6 Å². The minimum Gasteiger partial charge on any atom is -0.341 e. The fourth-order valence-corrected chi connectivity index (χ4v) is 4.51. The first kappa shape index (κ1) is 14.9. The molecular weight excluding hydrogens is 264 g/mol. The lowest BCUT2D eigenvalue weighted by atomic mass is 9.87. The van der Waals surface area contributed by atoms with Crippen LogP contribution >= 0.6 is 0 Å². The molecule has 118 valence electrons. The third-order valence-electron chi connectivity index (χ3n) is 5.67. The van der Waals surface area contributed by atoms with E-state index in [-0.39, 0.29) is 17.7 Å². The number of carbonyl (C=O) groups is 2. The average molecular weight is 292 g/mol. The van der Waals surface area contributed by atoms with Crippen LogP contribution in [0.25, 0.3) is 0 Å². The first-order valence-electron chi connectivity index (χ1n) is 8.64. The highest BCUT2D eigenvalue weighted by molar-refractivity contribution is 5.80. The Labute approximate surface area is 127 Å². The highest BCUT2D eigenvalue weighted by atomic mass is 16.2. The Kier molecular flexibility index (Phi) is 4.23. The molecule has 0 unspecified atom stereocenters. The van der Waals surface area contributed by atoms with Crippen molar-refractivity contribution in [2.45, 2.75) is 46.0 Å². The number of hydrogen-bond acceptors (Lipinski definition) is 2. The summed E-state index contributed by atoms with van der Waals surface area (Å²) >= 11 is 0. The van der Waals surface area contributed by atoms with Gasteiger partial charge in [-0.15, -0.1) is 0 Å². The van der Waals surface area contributed by atoms with Gasteiger partial charge in [-0.2, -0.15) is 0 Å². The Hall–Kier alpha value is -1.06. The largest absolute Gasteiger partial charge is 0.341 e. The molecule has 3 aliphatic rings. The Morgan fingerprint density at radius 2 is 1.67 bits per heavy atom. The number of amides is 2. The summed E-state index contributed by atoms with van der Waals surface area (Å²) in [5.74, 6) is 2.41. The van der Waals surface area contributed by atoms with Gasteiger partial charge in [0.25, 0.3) is 0 Å². The summed E-state index contributed by atoms with van der Waals surface area (Å²) in [5, 5.41) is 0. The smallest absolute Gasteiger partial charge is 0.226 e. The lowest BCUT2D eigenvalue weighted by molar-refractivity contribution is -0.138. The fraction of sp³-hybridized carbons (Fsp3) is 0.882. The molecule has 3 atom stereocenters. The van der Waals surface area contributed by atoms with Crippen LogP contribution in [-0.4, -0.2) is 47.8 Å². The summed E-state index contributed by atoms with van der Waals surface area (Å²) < 4.78 is 0. The molecule has 2 bridgehead atoms. The van der Waals surface area contributed by atoms with Gasteiger partial charge < -0.3 is 9.80 Å². The molecule has 0 aromatic heterocycles. The summed E-state index contributed by atoms with van der Waals surface area (Å²) in [7, 11) is 0. The zero-order valence-electron chi connectivity index (χ0n) is 13.4. The molecule has 2 amide bonds. The first-order valence-corrected chi connectivity index (χ1v) is 8.64. The van der Waals surface area contributed by atoms with E-state index >= 15 is 0 Å². The van der Waals surface area contributed by atoms with E-state index in [9.17, 15) is 9.59 Å². The van der Waals surface area contributed by atoms with Crippen molar-refractivity contribution in [3.05, 3.63) is 0 Å². The van der Waals surface area contributed by atoms with E-state index in [1.54, 1.807) is 0 Å². The Morgan fingerprint density at radius 1 is 0.952 bits per heavy atom. The van der Waals surface area contributed by atoms with Gasteiger partial charge in [0.15, 0.2) is 0 Å². The SMILES string of the molecule is CC(C)C(=O)N1CCCN(C(=O)[C@H]2C[C@H]3CC[C@@H]2C3)CC1. The quantitative estimate of drug-likeness (QED) is 0.782. The number of carbonyl (C=O) groups excluding carboxylic acids is 2. The maximum Gasteiger partial charge on any atom is 0.226 e. The number of rotatable bonds is 2. The highest BCUT2D eigenvalue weighted by Gasteiger charge is 2.44. The van der Waals surface area contributed by atoms with Gasteiger partial charge in [-0.25, -0.2) is 0 Å². The summed E-state index contributed by atoms with van der Waals surface area (Å²) in [5.41, 5.74) is 0. The van der Waals surface area contributed by atoms with E-state index in [1.807, 2.05) is 23.6 Å². The van der Waals surface area contributed by atoms with Crippen LogP contribution in [0.5, 0.6) is 0 Å². The Morgan fingerprint density at radius 3 is 2.29 bits per heavy atom. The van der Waals surface area contributed by atoms with Crippen molar-refractivity contribution in [1.82, 2.24) is 9.80 Å². The normalized spacial score (nSPS) is 32.6. The van der Waals surface area contributed by atoms with E-state index in [1.165, 1.54) is 19.3 Å². The van der Waals surface area contributed by atoms with Crippen molar-refractivity contribution < 1.29 is 9.59 Å². The molecule has 2 aliphatic carbocycles. The second-order valence-electron chi connectivity index (χ2n) is 7.44. The summed E-state index contributed by atoms with van der Waals surface area (Å²) in [6.45, 7) is 6.97. The van der Waals surface area contributed by atoms with E-state index in [2.05, 4.69) is 0 Å². The summed E-state index contributed by atoms with van der Waals surface area (Å²) in [6.07, 6.45) is 5.92. The average Bonchev–Trinajstić information content (AvgIpc) is 3.01. The van der Waals surface area contributed by atoms with Gasteiger partial charge in [0.2, 0.25) is 11.8 Å². The molecule has 4 nitrogen and oxygen atoms in total. The van der Waals surface area contributed by atoms with Gasteiger partial charge in [0, 0.05) is 38.0 Å². The van der Waals surface area contributed by atoms with Crippen LogP contribution in [-0.2, 0) is 9.59 Å². The van der Waals surface area contributed by atoms with Crippen molar-refractivity contribution in [1.29, 1.82) is 0 Å². The zero-order valence-corrected chi connectivity index (χ0v) is 13.4. The maximum atomic E-state index is 12.8. The van der Waals surface area contributed by atoms with Gasteiger partial charge >= 0.3 is 0 Å². The Balaban J connectivity index is 1.57. The third-order valence-corrected chi connectivity index (χ3v) is 5.67. The predicted molar refractivity (Wildman–Crippen MR) is 81.6 cm³/mol. The lowest BCUT2D eigenvalue weighted by Crippen LogP contribution is -2.41. The van der Waals surface area contributed by atoms with Crippen LogP contribution in [0.4, 0.5) is 0 Å².